The Bertz CT molecular complexity index is 569. The molecule has 0 aliphatic carbocycles. The number of aromatic nitrogens is 3. The van der Waals surface area contributed by atoms with Crippen LogP contribution in [-0.2, 0) is 20.2 Å². The van der Waals surface area contributed by atoms with Gasteiger partial charge in [0.05, 0.1) is 13.3 Å². The van der Waals surface area contributed by atoms with Gasteiger partial charge in [-0.1, -0.05) is 12.1 Å². The topological polar surface area (TPSA) is 61.2 Å². The molecule has 0 atom stereocenters. The monoisotopic (exact) mass is 290 g/mol. The van der Waals surface area contributed by atoms with E-state index in [0.717, 1.165) is 42.3 Å². The van der Waals surface area contributed by atoms with Crippen LogP contribution in [0, 0.1) is 0 Å². The molecule has 2 aromatic rings. The van der Waals surface area contributed by atoms with Gasteiger partial charge in [0.2, 0.25) is 0 Å². The fourth-order valence-electron chi connectivity index (χ4n) is 1.97. The highest BCUT2D eigenvalue weighted by Crippen LogP contribution is 2.24. The van der Waals surface area contributed by atoms with Crippen LogP contribution >= 0.6 is 0 Å². The quantitative estimate of drug-likeness (QED) is 0.752. The van der Waals surface area contributed by atoms with Crippen molar-refractivity contribution in [3.63, 3.8) is 0 Å². The van der Waals surface area contributed by atoms with Gasteiger partial charge < -0.3 is 14.8 Å². The third kappa shape index (κ3) is 4.46. The maximum atomic E-state index is 5.86. The number of benzene rings is 1. The van der Waals surface area contributed by atoms with Crippen LogP contribution in [0.5, 0.6) is 11.5 Å². The van der Waals surface area contributed by atoms with Crippen molar-refractivity contribution in [1.82, 2.24) is 20.3 Å². The molecule has 0 saturated carbocycles. The molecule has 1 aromatic heterocycles. The number of hydrogen-bond donors (Lipinski definition) is 1. The Morgan fingerprint density at radius 2 is 2.19 bits per heavy atom. The van der Waals surface area contributed by atoms with E-state index in [4.69, 9.17) is 9.47 Å². The number of hydrogen-bond acceptors (Lipinski definition) is 5. The van der Waals surface area contributed by atoms with Gasteiger partial charge in [-0.15, -0.1) is 5.10 Å². The lowest BCUT2D eigenvalue weighted by Crippen LogP contribution is -2.14. The number of nitrogens with one attached hydrogen (secondary N) is 1. The summed E-state index contributed by atoms with van der Waals surface area (Å²) in [5, 5.41) is 11.3. The second kappa shape index (κ2) is 7.64. The highest BCUT2D eigenvalue weighted by atomic mass is 16.5. The van der Waals surface area contributed by atoms with E-state index in [0.29, 0.717) is 6.61 Å². The molecule has 6 nitrogen and oxygen atoms in total. The van der Waals surface area contributed by atoms with Crippen molar-refractivity contribution in [1.29, 1.82) is 0 Å². The average Bonchev–Trinajstić information content (AvgIpc) is 2.91. The van der Waals surface area contributed by atoms with Crippen molar-refractivity contribution < 1.29 is 9.47 Å². The Kier molecular flexibility index (Phi) is 5.57. The van der Waals surface area contributed by atoms with E-state index in [1.54, 1.807) is 11.8 Å². The molecule has 2 rings (SSSR count). The Morgan fingerprint density at radius 3 is 2.86 bits per heavy atom. The first-order chi connectivity index (χ1) is 10.2. The van der Waals surface area contributed by atoms with Gasteiger partial charge in [-0.05, 0) is 31.2 Å². The molecule has 1 aromatic carbocycles. The average molecular weight is 290 g/mol. The minimum Gasteiger partial charge on any atom is -0.497 e. The second-order valence-corrected chi connectivity index (χ2v) is 4.82. The molecule has 0 unspecified atom stereocenters. The summed E-state index contributed by atoms with van der Waals surface area (Å²) in [4.78, 5) is 0. The molecule has 0 saturated heterocycles. The van der Waals surface area contributed by atoms with Crippen molar-refractivity contribution in [3.8, 4) is 11.5 Å². The number of ether oxygens (including phenoxy) is 2. The normalized spacial score (nSPS) is 10.6. The molecular formula is C15H22N4O2. The summed E-state index contributed by atoms with van der Waals surface area (Å²) in [6, 6.07) is 5.82. The first-order valence-corrected chi connectivity index (χ1v) is 7.08. The minimum atomic E-state index is 0.404. The first kappa shape index (κ1) is 15.3. The van der Waals surface area contributed by atoms with E-state index in [1.807, 2.05) is 31.4 Å². The van der Waals surface area contributed by atoms with Crippen molar-refractivity contribution >= 4 is 0 Å². The maximum absolute atomic E-state index is 5.86. The lowest BCUT2D eigenvalue weighted by Gasteiger charge is -2.12. The van der Waals surface area contributed by atoms with Gasteiger partial charge >= 0.3 is 0 Å². The van der Waals surface area contributed by atoms with E-state index < -0.39 is 0 Å². The number of aryl methyl sites for hydroxylation is 1. The number of methoxy groups -OCH3 is 1. The number of nitrogens with zero attached hydrogens (tertiary/aromatic N) is 3. The lowest BCUT2D eigenvalue weighted by atomic mass is 10.2. The Labute approximate surface area is 125 Å². The molecule has 0 radical (unpaired) electrons. The zero-order valence-electron chi connectivity index (χ0n) is 12.8. The van der Waals surface area contributed by atoms with E-state index in [-0.39, 0.29) is 0 Å². The van der Waals surface area contributed by atoms with E-state index >= 15 is 0 Å². The largest absolute Gasteiger partial charge is 0.497 e. The van der Waals surface area contributed by atoms with Crippen LogP contribution in [0.25, 0.3) is 0 Å². The predicted molar refractivity (Wildman–Crippen MR) is 80.3 cm³/mol. The highest BCUT2D eigenvalue weighted by molar-refractivity contribution is 5.40. The third-order valence-corrected chi connectivity index (χ3v) is 3.04. The summed E-state index contributed by atoms with van der Waals surface area (Å²) in [7, 11) is 3.50. The van der Waals surface area contributed by atoms with Crippen molar-refractivity contribution in [2.24, 2.45) is 7.05 Å². The smallest absolute Gasteiger partial charge is 0.134 e. The van der Waals surface area contributed by atoms with E-state index in [2.05, 4.69) is 22.6 Å². The molecule has 0 amide bonds. The van der Waals surface area contributed by atoms with Crippen molar-refractivity contribution in [3.05, 3.63) is 35.7 Å². The van der Waals surface area contributed by atoms with Crippen LogP contribution in [-0.4, -0.2) is 28.6 Å². The van der Waals surface area contributed by atoms with Gasteiger partial charge in [0, 0.05) is 19.2 Å². The van der Waals surface area contributed by atoms with Crippen LogP contribution in [0.4, 0.5) is 0 Å². The van der Waals surface area contributed by atoms with Gasteiger partial charge in [0.1, 0.15) is 23.8 Å². The van der Waals surface area contributed by atoms with Gasteiger partial charge in [-0.3, -0.25) is 4.68 Å². The summed E-state index contributed by atoms with van der Waals surface area (Å²) in [6.45, 7) is 4.27. The fraction of sp³-hybridized carbons (Fsp3) is 0.467. The molecule has 114 valence electrons. The summed E-state index contributed by atoms with van der Waals surface area (Å²) in [6.07, 6.45) is 2.94. The van der Waals surface area contributed by atoms with Gasteiger partial charge in [0.25, 0.3) is 0 Å². The molecule has 0 aliphatic heterocycles. The Morgan fingerprint density at radius 1 is 1.33 bits per heavy atom. The molecule has 0 spiro atoms. The standard InChI is InChI=1S/C15H22N4O2/c1-4-7-16-9-12-8-14(20-3)5-6-15(12)21-11-13-10-19(2)18-17-13/h5-6,8,10,16H,4,7,9,11H2,1-3H3. The minimum absolute atomic E-state index is 0.404. The van der Waals surface area contributed by atoms with Gasteiger partial charge in [-0.25, -0.2) is 0 Å². The number of rotatable bonds is 8. The second-order valence-electron chi connectivity index (χ2n) is 4.82. The molecule has 6 heteroatoms. The lowest BCUT2D eigenvalue weighted by molar-refractivity contribution is 0.296. The molecule has 21 heavy (non-hydrogen) atoms. The predicted octanol–water partition coefficient (Wildman–Crippen LogP) is 1.90. The fourth-order valence-corrected chi connectivity index (χ4v) is 1.97. The summed E-state index contributed by atoms with van der Waals surface area (Å²) in [5.41, 5.74) is 1.88. The summed E-state index contributed by atoms with van der Waals surface area (Å²) < 4.78 is 12.8. The van der Waals surface area contributed by atoms with Crippen LogP contribution in [0.15, 0.2) is 24.4 Å². The van der Waals surface area contributed by atoms with Gasteiger partial charge in [-0.2, -0.15) is 0 Å². The Balaban J connectivity index is 2.05. The maximum Gasteiger partial charge on any atom is 0.134 e. The van der Waals surface area contributed by atoms with E-state index in [1.165, 1.54) is 0 Å². The van der Waals surface area contributed by atoms with Crippen molar-refractivity contribution in [2.45, 2.75) is 26.5 Å². The molecule has 1 N–H and O–H groups in total. The zero-order chi connectivity index (χ0) is 15.1. The van der Waals surface area contributed by atoms with Crippen LogP contribution in [0.1, 0.15) is 24.6 Å². The van der Waals surface area contributed by atoms with Crippen LogP contribution in [0.3, 0.4) is 0 Å². The molecule has 0 bridgehead atoms. The SMILES string of the molecule is CCCNCc1cc(OC)ccc1OCc1cn(C)nn1. The zero-order valence-corrected chi connectivity index (χ0v) is 12.8. The van der Waals surface area contributed by atoms with E-state index in [9.17, 15) is 0 Å². The molecule has 0 fully saturated rings. The van der Waals surface area contributed by atoms with Gasteiger partial charge in [0.15, 0.2) is 0 Å². The molecule has 0 aliphatic rings. The summed E-state index contributed by atoms with van der Waals surface area (Å²) >= 11 is 0. The van der Waals surface area contributed by atoms with Crippen LogP contribution < -0.4 is 14.8 Å². The first-order valence-electron chi connectivity index (χ1n) is 7.08. The third-order valence-electron chi connectivity index (χ3n) is 3.04. The summed E-state index contributed by atoms with van der Waals surface area (Å²) in [5.74, 6) is 1.67. The Hall–Kier alpha value is -2.08. The molecule has 1 heterocycles. The molecular weight excluding hydrogens is 268 g/mol. The van der Waals surface area contributed by atoms with Crippen LogP contribution in [0.2, 0.25) is 0 Å². The highest BCUT2D eigenvalue weighted by Gasteiger charge is 2.07. The van der Waals surface area contributed by atoms with Crippen molar-refractivity contribution in [2.75, 3.05) is 13.7 Å².